The fourth-order valence-corrected chi connectivity index (χ4v) is 1.57. The van der Waals surface area contributed by atoms with Crippen LogP contribution in [0.5, 0.6) is 0 Å². The number of carbonyl (C=O) groups excluding carboxylic acids is 1. The lowest BCUT2D eigenvalue weighted by Gasteiger charge is -2.20. The van der Waals surface area contributed by atoms with Crippen LogP contribution in [0, 0.1) is 0 Å². The summed E-state index contributed by atoms with van der Waals surface area (Å²) in [6.07, 6.45) is -0.654. The number of carbonyl (C=O) groups is 1. The van der Waals surface area contributed by atoms with Crippen LogP contribution in [0.2, 0.25) is 0 Å². The molecule has 5 nitrogen and oxygen atoms in total. The van der Waals surface area contributed by atoms with Gasteiger partial charge in [-0.05, 0) is 51.4 Å². The number of nitrogens with one attached hydrogen (secondary N) is 1. The first-order valence-corrected chi connectivity index (χ1v) is 6.30. The molecule has 0 spiro atoms. The van der Waals surface area contributed by atoms with E-state index in [0.717, 1.165) is 5.56 Å². The largest absolute Gasteiger partial charge is 0.444 e. The van der Waals surface area contributed by atoms with Crippen LogP contribution in [0.25, 0.3) is 0 Å². The van der Waals surface area contributed by atoms with Crippen molar-refractivity contribution in [2.24, 2.45) is 5.73 Å². The summed E-state index contributed by atoms with van der Waals surface area (Å²) in [5.41, 5.74) is 6.17. The van der Waals surface area contributed by atoms with Crippen LogP contribution >= 0.6 is 0 Å². The van der Waals surface area contributed by atoms with Gasteiger partial charge in [0.05, 0.1) is 6.10 Å². The zero-order valence-electron chi connectivity index (χ0n) is 11.6. The fraction of sp³-hybridized carbons (Fsp3) is 0.500. The van der Waals surface area contributed by atoms with E-state index in [9.17, 15) is 9.90 Å². The number of anilines is 1. The van der Waals surface area contributed by atoms with Gasteiger partial charge in [-0.1, -0.05) is 12.1 Å². The number of rotatable bonds is 4. The Morgan fingerprint density at radius 1 is 1.47 bits per heavy atom. The molecule has 0 aliphatic rings. The van der Waals surface area contributed by atoms with E-state index in [2.05, 4.69) is 5.32 Å². The van der Waals surface area contributed by atoms with E-state index in [-0.39, 0.29) is 0 Å². The second-order valence-electron chi connectivity index (χ2n) is 5.35. The first-order chi connectivity index (χ1) is 8.81. The van der Waals surface area contributed by atoms with Crippen molar-refractivity contribution in [3.63, 3.8) is 0 Å². The number of nitrogens with two attached hydrogens (primary N) is 1. The third-order valence-electron chi connectivity index (χ3n) is 2.36. The highest BCUT2D eigenvalue weighted by Gasteiger charge is 2.16. The number of ether oxygens (including phenoxy) is 1. The molecule has 1 aromatic carbocycles. The summed E-state index contributed by atoms with van der Waals surface area (Å²) in [4.78, 5) is 11.6. The Kier molecular flexibility index (Phi) is 5.32. The van der Waals surface area contributed by atoms with Crippen LogP contribution in [0.1, 0.15) is 38.9 Å². The Balaban J connectivity index is 2.69. The molecule has 1 amide bonds. The van der Waals surface area contributed by atoms with Crippen LogP contribution in [0.15, 0.2) is 24.3 Å². The molecule has 0 saturated heterocycles. The highest BCUT2D eigenvalue weighted by Crippen LogP contribution is 2.20. The average Bonchev–Trinajstić information content (AvgIpc) is 2.27. The first-order valence-electron chi connectivity index (χ1n) is 6.30. The molecule has 0 unspecified atom stereocenters. The molecule has 0 bridgehead atoms. The van der Waals surface area contributed by atoms with Crippen LogP contribution < -0.4 is 11.1 Å². The third kappa shape index (κ3) is 5.72. The van der Waals surface area contributed by atoms with E-state index >= 15 is 0 Å². The van der Waals surface area contributed by atoms with E-state index in [0.29, 0.717) is 18.7 Å². The molecule has 5 heteroatoms. The van der Waals surface area contributed by atoms with Gasteiger partial charge in [-0.25, -0.2) is 4.79 Å². The summed E-state index contributed by atoms with van der Waals surface area (Å²) >= 11 is 0. The topological polar surface area (TPSA) is 84.6 Å². The van der Waals surface area contributed by atoms with Gasteiger partial charge in [-0.15, -0.1) is 0 Å². The number of aliphatic hydroxyl groups excluding tert-OH is 1. The minimum atomic E-state index is -0.620. The third-order valence-corrected chi connectivity index (χ3v) is 2.36. The molecule has 1 rings (SSSR count). The zero-order chi connectivity index (χ0) is 14.5. The van der Waals surface area contributed by atoms with Gasteiger partial charge >= 0.3 is 6.09 Å². The van der Waals surface area contributed by atoms with Gasteiger partial charge in [0.25, 0.3) is 0 Å². The Bertz CT molecular complexity index is 427. The zero-order valence-corrected chi connectivity index (χ0v) is 11.6. The van der Waals surface area contributed by atoms with Crippen molar-refractivity contribution in [2.75, 3.05) is 11.9 Å². The Morgan fingerprint density at radius 3 is 2.74 bits per heavy atom. The molecule has 0 aliphatic carbocycles. The lowest BCUT2D eigenvalue weighted by atomic mass is 10.1. The molecule has 19 heavy (non-hydrogen) atoms. The van der Waals surface area contributed by atoms with Crippen molar-refractivity contribution in [1.29, 1.82) is 0 Å². The summed E-state index contributed by atoms with van der Waals surface area (Å²) in [6.45, 7) is 5.81. The van der Waals surface area contributed by atoms with Crippen LogP contribution in [0.3, 0.4) is 0 Å². The van der Waals surface area contributed by atoms with E-state index in [1.54, 1.807) is 45.0 Å². The maximum Gasteiger partial charge on any atom is 0.412 e. The van der Waals surface area contributed by atoms with Gasteiger partial charge in [0.15, 0.2) is 0 Å². The fourth-order valence-electron chi connectivity index (χ4n) is 1.57. The summed E-state index contributed by atoms with van der Waals surface area (Å²) in [7, 11) is 0. The summed E-state index contributed by atoms with van der Waals surface area (Å²) in [6, 6.07) is 7.01. The highest BCUT2D eigenvalue weighted by molar-refractivity contribution is 5.84. The SMILES string of the molecule is CC(C)(C)OC(=O)Nc1cccc([C@@H](O)CCN)c1. The molecule has 0 saturated carbocycles. The molecule has 0 radical (unpaired) electrons. The van der Waals surface area contributed by atoms with Crippen LogP contribution in [0.4, 0.5) is 10.5 Å². The highest BCUT2D eigenvalue weighted by atomic mass is 16.6. The Morgan fingerprint density at radius 2 is 2.16 bits per heavy atom. The summed E-state index contributed by atoms with van der Waals surface area (Å²) in [5, 5.41) is 12.5. The molecular weight excluding hydrogens is 244 g/mol. The minimum Gasteiger partial charge on any atom is -0.444 e. The summed E-state index contributed by atoms with van der Waals surface area (Å²) in [5.74, 6) is 0. The van der Waals surface area contributed by atoms with Crippen molar-refractivity contribution >= 4 is 11.8 Å². The molecule has 0 heterocycles. The molecule has 0 aromatic heterocycles. The van der Waals surface area contributed by atoms with E-state index in [1.165, 1.54) is 0 Å². The Hall–Kier alpha value is -1.59. The molecule has 1 atom stereocenters. The molecule has 106 valence electrons. The summed E-state index contributed by atoms with van der Waals surface area (Å²) < 4.78 is 5.16. The van der Waals surface area contributed by atoms with Gasteiger partial charge in [0, 0.05) is 5.69 Å². The number of hydrogen-bond donors (Lipinski definition) is 3. The van der Waals surface area contributed by atoms with Crippen molar-refractivity contribution in [3.05, 3.63) is 29.8 Å². The standard InChI is InChI=1S/C14H22N2O3/c1-14(2,3)19-13(18)16-11-6-4-5-10(9-11)12(17)7-8-15/h4-6,9,12,17H,7-8,15H2,1-3H3,(H,16,18)/t12-/m0/s1. The number of aliphatic hydroxyl groups is 1. The molecule has 0 fully saturated rings. The van der Waals surface area contributed by atoms with Gasteiger partial charge in [0.2, 0.25) is 0 Å². The number of benzene rings is 1. The predicted molar refractivity (Wildman–Crippen MR) is 74.9 cm³/mol. The molecule has 1 aromatic rings. The van der Waals surface area contributed by atoms with E-state index < -0.39 is 17.8 Å². The van der Waals surface area contributed by atoms with Gasteiger partial charge in [0.1, 0.15) is 5.60 Å². The minimum absolute atomic E-state index is 0.408. The van der Waals surface area contributed by atoms with Crippen molar-refractivity contribution in [3.8, 4) is 0 Å². The molecular formula is C14H22N2O3. The van der Waals surface area contributed by atoms with E-state index in [4.69, 9.17) is 10.5 Å². The number of amides is 1. The van der Waals surface area contributed by atoms with Crippen molar-refractivity contribution < 1.29 is 14.6 Å². The number of hydrogen-bond acceptors (Lipinski definition) is 4. The second-order valence-corrected chi connectivity index (χ2v) is 5.35. The second kappa shape index (κ2) is 6.54. The average molecular weight is 266 g/mol. The maximum absolute atomic E-state index is 11.6. The van der Waals surface area contributed by atoms with Crippen LogP contribution in [-0.2, 0) is 4.74 Å². The lowest BCUT2D eigenvalue weighted by Crippen LogP contribution is -2.27. The van der Waals surface area contributed by atoms with Gasteiger partial charge < -0.3 is 15.6 Å². The van der Waals surface area contributed by atoms with Gasteiger partial charge in [-0.3, -0.25) is 5.32 Å². The molecule has 4 N–H and O–H groups in total. The Labute approximate surface area is 113 Å². The van der Waals surface area contributed by atoms with Gasteiger partial charge in [-0.2, -0.15) is 0 Å². The molecule has 0 aliphatic heterocycles. The monoisotopic (exact) mass is 266 g/mol. The quantitative estimate of drug-likeness (QED) is 0.781. The predicted octanol–water partition coefficient (Wildman–Crippen LogP) is 2.42. The van der Waals surface area contributed by atoms with Crippen LogP contribution in [-0.4, -0.2) is 23.3 Å². The normalized spacial score (nSPS) is 12.9. The maximum atomic E-state index is 11.6. The lowest BCUT2D eigenvalue weighted by molar-refractivity contribution is 0.0636. The van der Waals surface area contributed by atoms with Crippen molar-refractivity contribution in [2.45, 2.75) is 38.9 Å². The van der Waals surface area contributed by atoms with Crippen molar-refractivity contribution in [1.82, 2.24) is 0 Å². The van der Waals surface area contributed by atoms with E-state index in [1.807, 2.05) is 0 Å². The first kappa shape index (κ1) is 15.5. The smallest absolute Gasteiger partial charge is 0.412 e.